The van der Waals surface area contributed by atoms with E-state index in [4.69, 9.17) is 10.5 Å². The molecule has 4 heteroatoms. The molecule has 1 aromatic carbocycles. The van der Waals surface area contributed by atoms with Crippen LogP contribution in [0.25, 0.3) is 0 Å². The van der Waals surface area contributed by atoms with Crippen molar-refractivity contribution >= 4 is 11.7 Å². The number of urea groups is 1. The highest BCUT2D eigenvalue weighted by Crippen LogP contribution is 2.24. The van der Waals surface area contributed by atoms with Crippen molar-refractivity contribution < 1.29 is 9.53 Å². The molecule has 14 heavy (non-hydrogen) atoms. The van der Waals surface area contributed by atoms with Crippen LogP contribution in [0.5, 0.6) is 0 Å². The predicted octanol–water partition coefficient (Wildman–Crippen LogP) is 1.29. The van der Waals surface area contributed by atoms with E-state index < -0.39 is 6.03 Å². The molecular formula is C10H12N2O2. The molecule has 0 aliphatic carbocycles. The minimum Gasteiger partial charge on any atom is -0.380 e. The van der Waals surface area contributed by atoms with Crippen molar-refractivity contribution in [3.05, 3.63) is 29.8 Å². The summed E-state index contributed by atoms with van der Waals surface area (Å²) in [6.07, 6.45) is 0. The number of hydrogen-bond donors (Lipinski definition) is 2. The number of benzene rings is 1. The first-order valence-corrected chi connectivity index (χ1v) is 4.50. The Labute approximate surface area is 82.1 Å². The maximum atomic E-state index is 10.5. The molecular weight excluding hydrogens is 180 g/mol. The Bertz CT molecular complexity index is 330. The minimum absolute atomic E-state index is 0.512. The van der Waals surface area contributed by atoms with Crippen LogP contribution in [-0.4, -0.2) is 19.2 Å². The van der Waals surface area contributed by atoms with Crippen molar-refractivity contribution in [2.24, 2.45) is 5.73 Å². The lowest BCUT2D eigenvalue weighted by molar-refractivity contribution is 0.00843. The van der Waals surface area contributed by atoms with E-state index in [-0.39, 0.29) is 0 Å². The van der Waals surface area contributed by atoms with Crippen molar-refractivity contribution in [3.63, 3.8) is 0 Å². The van der Waals surface area contributed by atoms with Gasteiger partial charge in [-0.1, -0.05) is 12.1 Å². The van der Waals surface area contributed by atoms with Gasteiger partial charge in [-0.25, -0.2) is 4.79 Å². The average molecular weight is 192 g/mol. The molecule has 0 aromatic heterocycles. The molecule has 1 saturated heterocycles. The van der Waals surface area contributed by atoms with Gasteiger partial charge in [-0.3, -0.25) is 0 Å². The molecule has 1 aliphatic rings. The van der Waals surface area contributed by atoms with E-state index in [1.54, 1.807) is 0 Å². The summed E-state index contributed by atoms with van der Waals surface area (Å²) < 4.78 is 5.09. The lowest BCUT2D eigenvalue weighted by Crippen LogP contribution is -2.25. The van der Waals surface area contributed by atoms with Crippen LogP contribution >= 0.6 is 0 Å². The second-order valence-electron chi connectivity index (χ2n) is 3.35. The highest BCUT2D eigenvalue weighted by Gasteiger charge is 2.19. The Morgan fingerprint density at radius 2 is 2.00 bits per heavy atom. The Morgan fingerprint density at radius 3 is 2.43 bits per heavy atom. The summed E-state index contributed by atoms with van der Waals surface area (Å²) in [7, 11) is 0. The van der Waals surface area contributed by atoms with Crippen molar-refractivity contribution in [2.75, 3.05) is 18.5 Å². The van der Waals surface area contributed by atoms with Gasteiger partial charge in [-0.15, -0.1) is 0 Å². The summed E-state index contributed by atoms with van der Waals surface area (Å²) in [5.41, 5.74) is 6.96. The predicted molar refractivity (Wildman–Crippen MR) is 53.2 cm³/mol. The van der Waals surface area contributed by atoms with Crippen molar-refractivity contribution in [2.45, 2.75) is 5.92 Å². The molecule has 0 saturated carbocycles. The Balaban J connectivity index is 2.05. The van der Waals surface area contributed by atoms with Crippen LogP contribution in [0.15, 0.2) is 24.3 Å². The number of amides is 2. The van der Waals surface area contributed by atoms with Crippen LogP contribution in [0, 0.1) is 0 Å². The number of carbonyl (C=O) groups excluding carboxylic acids is 1. The zero-order valence-corrected chi connectivity index (χ0v) is 7.69. The fourth-order valence-electron chi connectivity index (χ4n) is 1.41. The number of carbonyl (C=O) groups is 1. The third-order valence-electron chi connectivity index (χ3n) is 2.29. The molecule has 0 unspecified atom stereocenters. The van der Waals surface area contributed by atoms with Gasteiger partial charge in [0.1, 0.15) is 0 Å². The van der Waals surface area contributed by atoms with Gasteiger partial charge in [0.25, 0.3) is 0 Å². The first-order valence-electron chi connectivity index (χ1n) is 4.50. The Hall–Kier alpha value is -1.55. The number of ether oxygens (including phenoxy) is 1. The Kier molecular flexibility index (Phi) is 2.37. The van der Waals surface area contributed by atoms with Gasteiger partial charge < -0.3 is 15.8 Å². The topological polar surface area (TPSA) is 64.4 Å². The van der Waals surface area contributed by atoms with Gasteiger partial charge >= 0.3 is 6.03 Å². The molecule has 74 valence electrons. The fourth-order valence-corrected chi connectivity index (χ4v) is 1.41. The van der Waals surface area contributed by atoms with Crippen LogP contribution in [-0.2, 0) is 4.74 Å². The molecule has 0 atom stereocenters. The van der Waals surface area contributed by atoms with Gasteiger partial charge in [-0.2, -0.15) is 0 Å². The third-order valence-corrected chi connectivity index (χ3v) is 2.29. The van der Waals surface area contributed by atoms with Crippen molar-refractivity contribution in [1.29, 1.82) is 0 Å². The van der Waals surface area contributed by atoms with Gasteiger partial charge in [0.15, 0.2) is 0 Å². The normalized spacial score (nSPS) is 16.0. The molecule has 0 spiro atoms. The van der Waals surface area contributed by atoms with Gasteiger partial charge in [0.05, 0.1) is 13.2 Å². The molecule has 2 amide bonds. The maximum absolute atomic E-state index is 10.5. The van der Waals surface area contributed by atoms with Crippen molar-refractivity contribution in [1.82, 2.24) is 0 Å². The number of rotatable bonds is 2. The summed E-state index contributed by atoms with van der Waals surface area (Å²) >= 11 is 0. The molecule has 1 aromatic rings. The lowest BCUT2D eigenvalue weighted by atomic mass is 9.97. The standard InChI is InChI=1S/C10H12N2O2/c11-10(13)12-9-3-1-7(2-4-9)8-5-14-6-8/h1-4,8H,5-6H2,(H3,11,12,13). The quantitative estimate of drug-likeness (QED) is 0.741. The second-order valence-corrected chi connectivity index (χ2v) is 3.35. The summed E-state index contributed by atoms with van der Waals surface area (Å²) in [6.45, 7) is 1.59. The first kappa shape index (κ1) is 9.02. The number of primary amides is 1. The van der Waals surface area contributed by atoms with E-state index in [9.17, 15) is 4.79 Å². The number of anilines is 1. The van der Waals surface area contributed by atoms with Gasteiger partial charge in [0, 0.05) is 11.6 Å². The first-order chi connectivity index (χ1) is 6.75. The summed E-state index contributed by atoms with van der Waals surface area (Å²) in [5.74, 6) is 0.512. The molecule has 1 heterocycles. The molecule has 0 bridgehead atoms. The number of nitrogens with one attached hydrogen (secondary N) is 1. The summed E-state index contributed by atoms with van der Waals surface area (Å²) in [6, 6.07) is 7.12. The fraction of sp³-hybridized carbons (Fsp3) is 0.300. The van der Waals surface area contributed by atoms with Gasteiger partial charge in [0.2, 0.25) is 0 Å². The summed E-state index contributed by atoms with van der Waals surface area (Å²) in [4.78, 5) is 10.5. The van der Waals surface area contributed by atoms with E-state index in [1.165, 1.54) is 5.56 Å². The number of nitrogens with two attached hydrogens (primary N) is 1. The SMILES string of the molecule is NC(=O)Nc1ccc(C2COC2)cc1. The van der Waals surface area contributed by atoms with E-state index in [1.807, 2.05) is 24.3 Å². The van der Waals surface area contributed by atoms with E-state index >= 15 is 0 Å². The largest absolute Gasteiger partial charge is 0.380 e. The Morgan fingerprint density at radius 1 is 1.36 bits per heavy atom. The van der Waals surface area contributed by atoms with E-state index in [0.29, 0.717) is 5.92 Å². The molecule has 3 N–H and O–H groups in total. The lowest BCUT2D eigenvalue weighted by Gasteiger charge is -2.26. The average Bonchev–Trinajstić information content (AvgIpc) is 2.04. The van der Waals surface area contributed by atoms with Crippen LogP contribution in [0.4, 0.5) is 10.5 Å². The molecule has 2 rings (SSSR count). The van der Waals surface area contributed by atoms with E-state index in [2.05, 4.69) is 5.32 Å². The molecule has 1 fully saturated rings. The summed E-state index contributed by atoms with van der Waals surface area (Å²) in [5, 5.41) is 2.51. The van der Waals surface area contributed by atoms with E-state index in [0.717, 1.165) is 18.9 Å². The monoisotopic (exact) mass is 192 g/mol. The molecule has 0 radical (unpaired) electrons. The van der Waals surface area contributed by atoms with Crippen LogP contribution in [0.3, 0.4) is 0 Å². The zero-order chi connectivity index (χ0) is 9.97. The van der Waals surface area contributed by atoms with Crippen molar-refractivity contribution in [3.8, 4) is 0 Å². The zero-order valence-electron chi connectivity index (χ0n) is 7.69. The third kappa shape index (κ3) is 1.85. The second kappa shape index (κ2) is 3.67. The van der Waals surface area contributed by atoms with Crippen LogP contribution in [0.2, 0.25) is 0 Å². The highest BCUT2D eigenvalue weighted by atomic mass is 16.5. The van der Waals surface area contributed by atoms with Gasteiger partial charge in [-0.05, 0) is 17.7 Å². The highest BCUT2D eigenvalue weighted by molar-refractivity contribution is 5.87. The smallest absolute Gasteiger partial charge is 0.316 e. The van der Waals surface area contributed by atoms with Crippen LogP contribution < -0.4 is 11.1 Å². The minimum atomic E-state index is -0.537. The molecule has 4 nitrogen and oxygen atoms in total. The maximum Gasteiger partial charge on any atom is 0.316 e. The number of hydrogen-bond acceptors (Lipinski definition) is 2. The van der Waals surface area contributed by atoms with Crippen LogP contribution in [0.1, 0.15) is 11.5 Å². The molecule has 1 aliphatic heterocycles.